The summed E-state index contributed by atoms with van der Waals surface area (Å²) < 4.78 is 1.78. The van der Waals surface area contributed by atoms with Crippen LogP contribution in [-0.4, -0.2) is 14.1 Å². The summed E-state index contributed by atoms with van der Waals surface area (Å²) in [7, 11) is 2.72. The van der Waals surface area contributed by atoms with Crippen molar-refractivity contribution in [3.63, 3.8) is 0 Å². The molecule has 11 N–H and O–H groups in total. The van der Waals surface area contributed by atoms with E-state index in [0.29, 0.717) is 28.6 Å². The molecule has 9 heteroatoms. The van der Waals surface area contributed by atoms with E-state index in [1.807, 2.05) is 0 Å². The Kier molecular flexibility index (Phi) is 9.90. The fourth-order valence-electron chi connectivity index (χ4n) is 6.22. The third-order valence-corrected chi connectivity index (χ3v) is 12.7. The molecule has 1 aromatic carbocycles. The Labute approximate surface area is 229 Å². The summed E-state index contributed by atoms with van der Waals surface area (Å²) in [5, 5.41) is 8.28. The van der Waals surface area contributed by atoms with E-state index in [2.05, 4.69) is 19.4 Å². The first-order valence-corrected chi connectivity index (χ1v) is 17.2. The van der Waals surface area contributed by atoms with Crippen LogP contribution in [0.3, 0.4) is 0 Å². The van der Waals surface area contributed by atoms with E-state index in [-0.39, 0.29) is 33.0 Å². The number of alkyl halides is 2. The molecule has 0 spiro atoms. The van der Waals surface area contributed by atoms with Crippen molar-refractivity contribution in [3.8, 4) is 0 Å². The number of aromatic amines is 1. The van der Waals surface area contributed by atoms with Crippen molar-refractivity contribution in [2.45, 2.75) is 110 Å². The molecule has 0 aliphatic heterocycles. The van der Waals surface area contributed by atoms with Gasteiger partial charge in [0, 0.05) is 0 Å². The van der Waals surface area contributed by atoms with Gasteiger partial charge in [0.15, 0.2) is 0 Å². The second-order valence-corrected chi connectivity index (χ2v) is 14.8. The van der Waals surface area contributed by atoms with Crippen LogP contribution in [0.15, 0.2) is 0 Å². The molecule has 2 aliphatic carbocycles. The second kappa shape index (κ2) is 12.9. The summed E-state index contributed by atoms with van der Waals surface area (Å²) >= 11 is -0.0703. The molecule has 36 heavy (non-hydrogen) atoms. The fourth-order valence-corrected chi connectivity index (χ4v) is 10.2. The topological polar surface area (TPSA) is 159 Å². The summed E-state index contributed by atoms with van der Waals surface area (Å²) in [4.78, 5) is 0. The van der Waals surface area contributed by atoms with Crippen molar-refractivity contribution in [3.05, 3.63) is 16.8 Å². The van der Waals surface area contributed by atoms with Crippen LogP contribution in [0.5, 0.6) is 0 Å². The normalized spacial score (nSPS) is 22.9. The van der Waals surface area contributed by atoms with Crippen molar-refractivity contribution in [1.82, 2.24) is 10.2 Å². The van der Waals surface area contributed by atoms with E-state index >= 15 is 0 Å². The second-order valence-electron chi connectivity index (χ2n) is 10.8. The van der Waals surface area contributed by atoms with Gasteiger partial charge in [0.2, 0.25) is 0 Å². The predicted octanol–water partition coefficient (Wildman–Crippen LogP) is 2.13. The van der Waals surface area contributed by atoms with E-state index in [9.17, 15) is 0 Å². The van der Waals surface area contributed by atoms with Gasteiger partial charge in [0.25, 0.3) is 0 Å². The Bertz CT molecular complexity index is 983. The molecule has 2 aliphatic rings. The van der Waals surface area contributed by atoms with Crippen molar-refractivity contribution in [2.75, 3.05) is 28.7 Å². The molecule has 3 atom stereocenters. The number of nitrogens with one attached hydrogen (secondary N) is 1. The van der Waals surface area contributed by atoms with Crippen LogP contribution in [0.1, 0.15) is 119 Å². The van der Waals surface area contributed by atoms with Gasteiger partial charge in [0.05, 0.1) is 0 Å². The molecular weight excluding hydrogens is 580 g/mol. The zero-order valence-electron chi connectivity index (χ0n) is 21.6. The molecule has 7 nitrogen and oxygen atoms in total. The molecule has 3 unspecified atom stereocenters. The van der Waals surface area contributed by atoms with Gasteiger partial charge in [-0.05, 0) is 0 Å². The van der Waals surface area contributed by atoms with Crippen LogP contribution in [0.2, 0.25) is 0 Å². The summed E-state index contributed by atoms with van der Waals surface area (Å²) in [5.74, 6) is 0.899. The Morgan fingerprint density at radius 3 is 1.75 bits per heavy atom. The summed E-state index contributed by atoms with van der Waals surface area (Å²) in [5.41, 5.74) is 38.5. The van der Waals surface area contributed by atoms with Crippen LogP contribution in [0.4, 0.5) is 28.6 Å². The van der Waals surface area contributed by atoms with Gasteiger partial charge < -0.3 is 0 Å². The van der Waals surface area contributed by atoms with Crippen LogP contribution >= 0.6 is 9.24 Å². The Hall–Kier alpha value is -1.41. The zero-order chi connectivity index (χ0) is 25.7. The average molecular weight is 627 g/mol. The minimum absolute atomic E-state index is 0.0703. The molecule has 4 rings (SSSR count). The molecule has 2 fully saturated rings. The molecule has 0 amide bonds. The number of hydrogen-bond donors (Lipinski definition) is 6. The number of rotatable bonds is 5. The first-order chi connectivity index (χ1) is 17.4. The van der Waals surface area contributed by atoms with Gasteiger partial charge >= 0.3 is 230 Å². The molecule has 0 radical (unpaired) electrons. The predicted molar refractivity (Wildman–Crippen MR) is 154 cm³/mol. The van der Waals surface area contributed by atoms with E-state index in [1.165, 1.54) is 70.6 Å². The number of hydrogen-bond acceptors (Lipinski definition) is 6. The maximum absolute atomic E-state index is 6.74. The van der Waals surface area contributed by atoms with Gasteiger partial charge in [-0.1, -0.05) is 0 Å². The van der Waals surface area contributed by atoms with Crippen LogP contribution in [0.25, 0.3) is 0 Å². The summed E-state index contributed by atoms with van der Waals surface area (Å²) in [6, 6.07) is 0. The van der Waals surface area contributed by atoms with Crippen LogP contribution in [0, 0.1) is 0 Å². The first-order valence-electron chi connectivity index (χ1n) is 13.8. The number of benzene rings is 1. The number of nitrogens with zero attached hydrogens (tertiary/aromatic N) is 1. The van der Waals surface area contributed by atoms with E-state index in [1.54, 1.807) is 0 Å². The van der Waals surface area contributed by atoms with E-state index in [4.69, 9.17) is 28.7 Å². The van der Waals surface area contributed by atoms with Gasteiger partial charge in [-0.25, -0.2) is 0 Å². The van der Waals surface area contributed by atoms with E-state index < -0.39 is 0 Å². The maximum atomic E-state index is 6.74. The van der Waals surface area contributed by atoms with Gasteiger partial charge in [0.1, 0.15) is 0 Å². The van der Waals surface area contributed by atoms with Crippen molar-refractivity contribution < 1.29 is 21.2 Å². The molecule has 1 heterocycles. The van der Waals surface area contributed by atoms with Crippen molar-refractivity contribution in [2.24, 2.45) is 0 Å². The first kappa shape index (κ1) is 27.6. The molecule has 1 aromatic heterocycles. The molecule has 0 saturated heterocycles. The number of H-pyrrole nitrogens is 1. The number of aromatic nitrogens is 2. The van der Waals surface area contributed by atoms with Gasteiger partial charge in [-0.2, -0.15) is 0 Å². The number of halogens is 1. The SMILES string of the molecule is Nc1n[nH]c(C2CCCC2c2c(N)c(N)c(C[I-]C3CCCCCCCCCCC3)c(N)c2N)c1P. The molecule has 2 saturated carbocycles. The number of nitrogen functional groups attached to an aromatic ring is 5. The molecule has 0 bridgehead atoms. The van der Waals surface area contributed by atoms with Crippen molar-refractivity contribution >= 4 is 43.1 Å². The molecule has 202 valence electrons. The molecule has 2 aromatic rings. The summed E-state index contributed by atoms with van der Waals surface area (Å²) in [6.07, 6.45) is 18.3. The minimum atomic E-state index is -0.0703. The number of nitrogens with two attached hydrogens (primary N) is 5. The number of anilines is 5. The quantitative estimate of drug-likeness (QED) is 0.129. The molecular formula is C27H46IN7P-. The van der Waals surface area contributed by atoms with Crippen molar-refractivity contribution in [1.29, 1.82) is 0 Å². The third-order valence-electron chi connectivity index (χ3n) is 8.40. The average Bonchev–Trinajstić information content (AvgIpc) is 3.45. The van der Waals surface area contributed by atoms with E-state index in [0.717, 1.165) is 49.7 Å². The standard InChI is InChI=1S/C27H46IN7P/c29-21-19(15-28-16-11-8-6-4-2-1-3-5-7-9-12-16)22(30)24(32)20(23(21)31)17-13-10-14-18(17)25-26(36)27(33)35-34-25/h16-18H,1-15,29-32,36H2,(H3,33,34,35)/q-1. The van der Waals surface area contributed by atoms with Gasteiger partial charge in [-0.15, -0.1) is 0 Å². The summed E-state index contributed by atoms with van der Waals surface area (Å²) in [6.45, 7) is 0. The third kappa shape index (κ3) is 6.17. The monoisotopic (exact) mass is 626 g/mol. The Morgan fingerprint density at radius 2 is 1.22 bits per heavy atom. The van der Waals surface area contributed by atoms with Crippen LogP contribution < -0.4 is 55.2 Å². The Morgan fingerprint density at radius 1 is 0.694 bits per heavy atom. The Balaban J connectivity index is 1.52. The zero-order valence-corrected chi connectivity index (χ0v) is 24.9. The fraction of sp³-hybridized carbons (Fsp3) is 0.667. The van der Waals surface area contributed by atoms with Gasteiger partial charge in [-0.3, -0.25) is 0 Å². The van der Waals surface area contributed by atoms with Crippen LogP contribution in [-0.2, 0) is 4.43 Å².